The number of nitrogens with one attached hydrogen (secondary N) is 1. The Bertz CT molecular complexity index is 345. The molecule has 1 N–H and O–H groups in total. The van der Waals surface area contributed by atoms with Crippen molar-refractivity contribution in [3.05, 3.63) is 35.4 Å². The largest absolute Gasteiger partial charge is 0.385 e. The lowest BCUT2D eigenvalue weighted by Gasteiger charge is -2.36. The van der Waals surface area contributed by atoms with E-state index in [1.54, 1.807) is 7.11 Å². The summed E-state index contributed by atoms with van der Waals surface area (Å²) in [6.07, 6.45) is 3.69. The Morgan fingerprint density at radius 1 is 1.35 bits per heavy atom. The molecule has 0 unspecified atom stereocenters. The van der Waals surface area contributed by atoms with E-state index in [9.17, 15) is 0 Å². The van der Waals surface area contributed by atoms with Gasteiger partial charge in [0.25, 0.3) is 0 Å². The second kappa shape index (κ2) is 6.18. The van der Waals surface area contributed by atoms with Crippen molar-refractivity contribution in [3.8, 4) is 0 Å². The molecule has 1 aromatic rings. The lowest BCUT2D eigenvalue weighted by atomic mass is 9.75. The molecule has 0 amide bonds. The van der Waals surface area contributed by atoms with Crippen molar-refractivity contribution in [3.63, 3.8) is 0 Å². The Labute approximate surface area is 104 Å². The van der Waals surface area contributed by atoms with Gasteiger partial charge in [-0.25, -0.2) is 0 Å². The molecule has 1 aliphatic rings. The zero-order valence-corrected chi connectivity index (χ0v) is 10.9. The summed E-state index contributed by atoms with van der Waals surface area (Å²) < 4.78 is 5.04. The standard InChI is InChI=1S/C15H23NO/c1-12-5-3-6-13(9-12)14-10-15(11-14)16-7-4-8-17-2/h3,5-6,9,14-16H,4,7-8,10-11H2,1-2H3. The quantitative estimate of drug-likeness (QED) is 0.763. The molecule has 2 rings (SSSR count). The van der Waals surface area contributed by atoms with E-state index in [2.05, 4.69) is 36.5 Å². The number of benzene rings is 1. The summed E-state index contributed by atoms with van der Waals surface area (Å²) in [5.41, 5.74) is 2.89. The van der Waals surface area contributed by atoms with Crippen LogP contribution in [0.2, 0.25) is 0 Å². The maximum absolute atomic E-state index is 5.04. The van der Waals surface area contributed by atoms with E-state index in [1.807, 2.05) is 0 Å². The van der Waals surface area contributed by atoms with Crippen LogP contribution in [0.15, 0.2) is 24.3 Å². The van der Waals surface area contributed by atoms with E-state index >= 15 is 0 Å². The topological polar surface area (TPSA) is 21.3 Å². The number of aryl methyl sites for hydroxylation is 1. The SMILES string of the molecule is COCCCNC1CC(c2cccc(C)c2)C1. The highest BCUT2D eigenvalue weighted by molar-refractivity contribution is 5.27. The Kier molecular flexibility index (Phi) is 4.57. The van der Waals surface area contributed by atoms with Gasteiger partial charge in [-0.2, -0.15) is 0 Å². The number of methoxy groups -OCH3 is 1. The predicted octanol–water partition coefficient (Wildman–Crippen LogP) is 2.87. The molecule has 0 spiro atoms. The van der Waals surface area contributed by atoms with E-state index in [0.29, 0.717) is 0 Å². The summed E-state index contributed by atoms with van der Waals surface area (Å²) in [5.74, 6) is 0.773. The van der Waals surface area contributed by atoms with Gasteiger partial charge in [-0.3, -0.25) is 0 Å². The normalized spacial score (nSPS) is 23.4. The molecular weight excluding hydrogens is 210 g/mol. The molecular formula is C15H23NO. The maximum Gasteiger partial charge on any atom is 0.0474 e. The molecule has 94 valence electrons. The summed E-state index contributed by atoms with van der Waals surface area (Å²) in [5, 5.41) is 3.59. The Hall–Kier alpha value is -0.860. The van der Waals surface area contributed by atoms with Gasteiger partial charge in [-0.05, 0) is 44.2 Å². The molecule has 0 aliphatic heterocycles. The van der Waals surface area contributed by atoms with Crippen LogP contribution < -0.4 is 5.32 Å². The van der Waals surface area contributed by atoms with Crippen LogP contribution >= 0.6 is 0 Å². The summed E-state index contributed by atoms with van der Waals surface area (Å²) >= 11 is 0. The Balaban J connectivity index is 1.68. The molecule has 0 saturated heterocycles. The van der Waals surface area contributed by atoms with Gasteiger partial charge in [-0.15, -0.1) is 0 Å². The van der Waals surface area contributed by atoms with Gasteiger partial charge in [0.2, 0.25) is 0 Å². The molecule has 1 aromatic carbocycles. The van der Waals surface area contributed by atoms with Crippen LogP contribution in [0.4, 0.5) is 0 Å². The lowest BCUT2D eigenvalue weighted by molar-refractivity contribution is 0.189. The van der Waals surface area contributed by atoms with E-state index in [1.165, 1.54) is 24.0 Å². The summed E-state index contributed by atoms with van der Waals surface area (Å²) in [4.78, 5) is 0. The zero-order chi connectivity index (χ0) is 12.1. The van der Waals surface area contributed by atoms with Gasteiger partial charge < -0.3 is 10.1 Å². The molecule has 0 heterocycles. The summed E-state index contributed by atoms with van der Waals surface area (Å²) in [6.45, 7) is 4.11. The fourth-order valence-corrected chi connectivity index (χ4v) is 2.50. The van der Waals surface area contributed by atoms with Gasteiger partial charge in [-0.1, -0.05) is 29.8 Å². The third kappa shape index (κ3) is 3.55. The van der Waals surface area contributed by atoms with E-state index in [4.69, 9.17) is 4.74 Å². The zero-order valence-electron chi connectivity index (χ0n) is 10.9. The predicted molar refractivity (Wildman–Crippen MR) is 71.4 cm³/mol. The third-order valence-electron chi connectivity index (χ3n) is 3.61. The molecule has 0 aromatic heterocycles. The van der Waals surface area contributed by atoms with E-state index < -0.39 is 0 Å². The highest BCUT2D eigenvalue weighted by Gasteiger charge is 2.29. The molecule has 0 radical (unpaired) electrons. The lowest BCUT2D eigenvalue weighted by Crippen LogP contribution is -2.40. The monoisotopic (exact) mass is 233 g/mol. The van der Waals surface area contributed by atoms with Crippen LogP contribution in [0.1, 0.15) is 36.3 Å². The van der Waals surface area contributed by atoms with Crippen LogP contribution in [0.3, 0.4) is 0 Å². The van der Waals surface area contributed by atoms with Gasteiger partial charge >= 0.3 is 0 Å². The number of hydrogen-bond donors (Lipinski definition) is 1. The van der Waals surface area contributed by atoms with Gasteiger partial charge in [0.15, 0.2) is 0 Å². The average Bonchev–Trinajstić information content (AvgIpc) is 2.26. The van der Waals surface area contributed by atoms with E-state index in [-0.39, 0.29) is 0 Å². The minimum absolute atomic E-state index is 0.720. The van der Waals surface area contributed by atoms with Crippen LogP contribution in [0.25, 0.3) is 0 Å². The summed E-state index contributed by atoms with van der Waals surface area (Å²) in [7, 11) is 1.76. The maximum atomic E-state index is 5.04. The Morgan fingerprint density at radius 3 is 2.88 bits per heavy atom. The number of hydrogen-bond acceptors (Lipinski definition) is 2. The first-order valence-corrected chi connectivity index (χ1v) is 6.58. The van der Waals surface area contributed by atoms with Gasteiger partial charge in [0.05, 0.1) is 0 Å². The van der Waals surface area contributed by atoms with Gasteiger partial charge in [0.1, 0.15) is 0 Å². The highest BCUT2D eigenvalue weighted by Crippen LogP contribution is 2.36. The first kappa shape index (κ1) is 12.6. The van der Waals surface area contributed by atoms with Crippen LogP contribution in [0.5, 0.6) is 0 Å². The first-order chi connectivity index (χ1) is 8.29. The molecule has 2 nitrogen and oxygen atoms in total. The minimum Gasteiger partial charge on any atom is -0.385 e. The Morgan fingerprint density at radius 2 is 2.18 bits per heavy atom. The average molecular weight is 233 g/mol. The molecule has 1 fully saturated rings. The molecule has 2 heteroatoms. The van der Waals surface area contributed by atoms with E-state index in [0.717, 1.165) is 31.5 Å². The molecule has 1 aliphatic carbocycles. The van der Waals surface area contributed by atoms with Crippen molar-refractivity contribution in [2.24, 2.45) is 0 Å². The van der Waals surface area contributed by atoms with Crippen molar-refractivity contribution in [1.82, 2.24) is 5.32 Å². The van der Waals surface area contributed by atoms with Crippen molar-refractivity contribution in [1.29, 1.82) is 0 Å². The number of rotatable bonds is 6. The molecule has 1 saturated carbocycles. The number of ether oxygens (including phenoxy) is 1. The van der Waals surface area contributed by atoms with Crippen LogP contribution in [-0.4, -0.2) is 26.3 Å². The second-order valence-electron chi connectivity index (χ2n) is 5.08. The smallest absolute Gasteiger partial charge is 0.0474 e. The molecule has 17 heavy (non-hydrogen) atoms. The minimum atomic E-state index is 0.720. The van der Waals surface area contributed by atoms with Crippen molar-refractivity contribution >= 4 is 0 Å². The fraction of sp³-hybridized carbons (Fsp3) is 0.600. The van der Waals surface area contributed by atoms with Crippen molar-refractivity contribution in [2.45, 2.75) is 38.1 Å². The molecule has 0 atom stereocenters. The van der Waals surface area contributed by atoms with Crippen molar-refractivity contribution in [2.75, 3.05) is 20.3 Å². The molecule has 0 bridgehead atoms. The van der Waals surface area contributed by atoms with Crippen LogP contribution in [0, 0.1) is 6.92 Å². The second-order valence-corrected chi connectivity index (χ2v) is 5.08. The fourth-order valence-electron chi connectivity index (χ4n) is 2.50. The third-order valence-corrected chi connectivity index (χ3v) is 3.61. The highest BCUT2D eigenvalue weighted by atomic mass is 16.5. The van der Waals surface area contributed by atoms with Crippen LogP contribution in [-0.2, 0) is 4.74 Å². The first-order valence-electron chi connectivity index (χ1n) is 6.58. The van der Waals surface area contributed by atoms with Crippen molar-refractivity contribution < 1.29 is 4.74 Å². The summed E-state index contributed by atoms with van der Waals surface area (Å²) in [6, 6.07) is 9.65. The van der Waals surface area contributed by atoms with Gasteiger partial charge in [0, 0.05) is 19.8 Å².